The molecule has 7 aromatic carbocycles. The molecule has 0 unspecified atom stereocenters. The summed E-state index contributed by atoms with van der Waals surface area (Å²) in [6.45, 7) is 0.0520. The van der Waals surface area contributed by atoms with Gasteiger partial charge in [-0.25, -0.2) is 4.79 Å². The van der Waals surface area contributed by atoms with Gasteiger partial charge < -0.3 is 4.74 Å². The van der Waals surface area contributed by atoms with E-state index in [0.29, 0.717) is 22.9 Å². The van der Waals surface area contributed by atoms with Crippen molar-refractivity contribution >= 4 is 50.7 Å². The third-order valence-electron chi connectivity index (χ3n) is 15.2. The highest BCUT2D eigenvalue weighted by molar-refractivity contribution is 7.20. The molecular weight excluding hydrogens is 1270 g/mol. The Morgan fingerprint density at radius 3 is 1.05 bits per heavy atom. The van der Waals surface area contributed by atoms with Gasteiger partial charge in [-0.2, -0.15) is 132 Å². The number of halogens is 24. The van der Waals surface area contributed by atoms with E-state index in [1.54, 1.807) is 22.8 Å². The molecule has 1 aliphatic carbocycles. The maximum Gasteiger partial charge on any atom is 0.416 e. The molecule has 1 aromatic heterocycles. The van der Waals surface area contributed by atoms with E-state index < -0.39 is 201 Å². The van der Waals surface area contributed by atoms with Gasteiger partial charge in [0.2, 0.25) is 17.8 Å². The van der Waals surface area contributed by atoms with Crippen molar-refractivity contribution in [3.05, 3.63) is 225 Å². The SMILES string of the molecule is FC(F)(F)c1cc([B-](c2cc(C(F)(F)F)cc(C(F)(F)F)c2)(c2cc(C(F)(F)F)cc(C(F)(F)F)c2)c2cc(C(F)(F)F)cc(C(F)(F)F)c2)cc(C(F)(F)F)c1.O=C(C[n+]1c(C(=O)Oc2ccc(C3CCCCC3)cc2)ccc2ccccc21)c1ccccc1. The second-order valence-corrected chi connectivity index (χ2v) is 21.2. The Bertz CT molecular complexity index is 3530. The van der Waals surface area contributed by atoms with Crippen LogP contribution in [0.2, 0.25) is 0 Å². The van der Waals surface area contributed by atoms with Gasteiger partial charge in [-0.15, -0.1) is 0 Å². The molecule has 1 aliphatic rings. The molecule has 0 aliphatic heterocycles. The number of hydrogen-bond acceptors (Lipinski definition) is 3. The van der Waals surface area contributed by atoms with Crippen LogP contribution in [-0.2, 0) is 56.0 Å². The third-order valence-corrected chi connectivity index (χ3v) is 15.2. The molecule has 0 saturated heterocycles. The van der Waals surface area contributed by atoms with Crippen molar-refractivity contribution in [2.45, 2.75) is 94.0 Å². The summed E-state index contributed by atoms with van der Waals surface area (Å²) in [4.78, 5) is 26.2. The Hall–Kier alpha value is -8.53. The Balaban J connectivity index is 0.000000265. The summed E-state index contributed by atoms with van der Waals surface area (Å²) in [6.07, 6.45) is -48.5. The first-order valence-electron chi connectivity index (χ1n) is 26.6. The number of pyridine rings is 1. The minimum absolute atomic E-state index is 0.0520. The highest BCUT2D eigenvalue weighted by Crippen LogP contribution is 2.42. The lowest BCUT2D eigenvalue weighted by Crippen LogP contribution is -2.75. The first-order chi connectivity index (χ1) is 41.9. The smallest absolute Gasteiger partial charge is 0.416 e. The summed E-state index contributed by atoms with van der Waals surface area (Å²) in [5, 5.41) is 0.955. The second-order valence-electron chi connectivity index (χ2n) is 21.2. The highest BCUT2D eigenvalue weighted by Gasteiger charge is 2.47. The number of carbonyl (C=O) groups is 2. The lowest BCUT2D eigenvalue weighted by Gasteiger charge is -2.46. The fourth-order valence-corrected chi connectivity index (χ4v) is 10.9. The van der Waals surface area contributed by atoms with Gasteiger partial charge in [0.1, 0.15) is 11.9 Å². The van der Waals surface area contributed by atoms with Gasteiger partial charge in [0.05, 0.1) is 44.5 Å². The van der Waals surface area contributed by atoms with Gasteiger partial charge in [0, 0.05) is 23.1 Å². The average molecular weight is 1310 g/mol. The number of alkyl halides is 24. The van der Waals surface area contributed by atoms with Crippen LogP contribution in [0, 0.1) is 0 Å². The Kier molecular flexibility index (Phi) is 18.7. The maximum absolute atomic E-state index is 14.2. The van der Waals surface area contributed by atoms with E-state index in [9.17, 15) is 115 Å². The van der Waals surface area contributed by atoms with Crippen molar-refractivity contribution in [1.82, 2.24) is 0 Å². The molecule has 91 heavy (non-hydrogen) atoms. The van der Waals surface area contributed by atoms with Crippen LogP contribution in [0.3, 0.4) is 0 Å². The molecule has 9 rings (SSSR count). The summed E-state index contributed by atoms with van der Waals surface area (Å²) in [5.74, 6) is 0.577. The van der Waals surface area contributed by atoms with Crippen molar-refractivity contribution in [1.29, 1.82) is 0 Å². The average Bonchev–Trinajstić information content (AvgIpc) is 0.710. The van der Waals surface area contributed by atoms with Crippen molar-refractivity contribution in [3.8, 4) is 5.75 Å². The predicted octanol–water partition coefficient (Wildman–Crippen LogP) is 17.5. The molecular formula is C62H40BF24NO3. The second kappa shape index (κ2) is 24.9. The summed E-state index contributed by atoms with van der Waals surface area (Å²) >= 11 is 0. The Morgan fingerprint density at radius 1 is 0.385 bits per heavy atom. The Morgan fingerprint density at radius 2 is 0.714 bits per heavy atom. The molecule has 1 fully saturated rings. The Labute approximate surface area is 498 Å². The number of ether oxygens (including phenoxy) is 1. The fraction of sp³-hybridized carbons (Fsp3) is 0.242. The van der Waals surface area contributed by atoms with E-state index in [2.05, 4.69) is 12.1 Å². The van der Waals surface area contributed by atoms with Crippen LogP contribution in [0.15, 0.2) is 164 Å². The summed E-state index contributed by atoms with van der Waals surface area (Å²) < 4.78 is 348. The number of fused-ring (bicyclic) bond motifs is 1. The molecule has 29 heteroatoms. The van der Waals surface area contributed by atoms with E-state index in [1.165, 1.54) is 37.7 Å². The molecule has 0 atom stereocenters. The van der Waals surface area contributed by atoms with Crippen LogP contribution in [0.1, 0.15) is 109 Å². The maximum atomic E-state index is 14.2. The van der Waals surface area contributed by atoms with Gasteiger partial charge in [0.15, 0.2) is 0 Å². The van der Waals surface area contributed by atoms with E-state index in [1.807, 2.05) is 60.7 Å². The number of para-hydroxylation sites is 1. The minimum atomic E-state index is -6.13. The van der Waals surface area contributed by atoms with E-state index >= 15 is 0 Å². The number of ketones is 1. The van der Waals surface area contributed by atoms with Gasteiger partial charge in [0.25, 0.3) is 5.69 Å². The zero-order chi connectivity index (χ0) is 67.2. The molecule has 0 N–H and O–H groups in total. The molecule has 0 radical (unpaired) electrons. The number of carbonyl (C=O) groups excluding carboxylic acids is 2. The number of hydrogen-bond donors (Lipinski definition) is 0. The molecule has 0 spiro atoms. The number of Topliss-reactive ketones (excluding diaryl/α,β-unsaturated/α-hetero) is 1. The van der Waals surface area contributed by atoms with Crippen LogP contribution in [-0.4, -0.2) is 17.9 Å². The molecule has 0 amide bonds. The summed E-state index contributed by atoms with van der Waals surface area (Å²) in [7, 11) is 0. The van der Waals surface area contributed by atoms with E-state index in [0.717, 1.165) is 10.9 Å². The molecule has 4 nitrogen and oxygen atoms in total. The lowest BCUT2D eigenvalue weighted by atomic mass is 9.12. The third kappa shape index (κ3) is 15.6. The quantitative estimate of drug-likeness (QED) is 0.0342. The standard InChI is InChI=1S/C32H12BF24.C30H28NO3/c34-25(35,36)13-1-14(26(37,38)39)6-21(5-13)33(22-7-15(27(40,41)42)2-16(8-22)28(43,44)45,23-9-17(29(46,47)48)3-18(10-23)30(49,50)51)24-11-19(31(52,53)54)4-20(12-24)32(55,56)57;32-29(25-12-5-2-6-13-25)21-31-27-14-8-7-11-24(27)17-20-28(31)30(33)34-26-18-15-23(16-19-26)22-9-3-1-4-10-22/h1-12H;2,5-8,11-20,22H,1,3-4,9-10,21H2/q-1;+1. The van der Waals surface area contributed by atoms with Crippen LogP contribution in [0.25, 0.3) is 10.9 Å². The van der Waals surface area contributed by atoms with Crippen molar-refractivity contribution < 1.29 is 124 Å². The molecule has 0 bridgehead atoms. The summed E-state index contributed by atoms with van der Waals surface area (Å²) in [6, 6.07) is 19.6. The van der Waals surface area contributed by atoms with Gasteiger partial charge in [-0.1, -0.05) is 122 Å². The van der Waals surface area contributed by atoms with Crippen molar-refractivity contribution in [2.75, 3.05) is 0 Å². The first kappa shape index (κ1) is 68.4. The van der Waals surface area contributed by atoms with Crippen LogP contribution in [0.5, 0.6) is 5.75 Å². The zero-order valence-corrected chi connectivity index (χ0v) is 45.7. The van der Waals surface area contributed by atoms with Gasteiger partial charge >= 0.3 is 55.4 Å². The van der Waals surface area contributed by atoms with Crippen molar-refractivity contribution in [2.24, 2.45) is 0 Å². The molecule has 482 valence electrons. The molecule has 1 heterocycles. The van der Waals surface area contributed by atoms with Crippen molar-refractivity contribution in [3.63, 3.8) is 0 Å². The van der Waals surface area contributed by atoms with Crippen LogP contribution < -0.4 is 31.2 Å². The first-order valence-corrected chi connectivity index (χ1v) is 26.6. The number of benzene rings is 7. The monoisotopic (exact) mass is 1310 g/mol. The van der Waals surface area contributed by atoms with Crippen LogP contribution >= 0.6 is 0 Å². The van der Waals surface area contributed by atoms with E-state index in [4.69, 9.17) is 4.74 Å². The normalized spacial score (nSPS) is 14.2. The summed E-state index contributed by atoms with van der Waals surface area (Å²) in [5.41, 5.74) is -27.1. The van der Waals surface area contributed by atoms with Gasteiger partial charge in [-0.05, 0) is 72.9 Å². The van der Waals surface area contributed by atoms with Crippen LogP contribution in [0.4, 0.5) is 105 Å². The topological polar surface area (TPSA) is 47.2 Å². The minimum Gasteiger partial charge on any atom is -0.419 e. The van der Waals surface area contributed by atoms with E-state index in [-0.39, 0.29) is 12.3 Å². The molecule has 1 saturated carbocycles. The lowest BCUT2D eigenvalue weighted by molar-refractivity contribution is -0.659. The fourth-order valence-electron chi connectivity index (χ4n) is 10.9. The zero-order valence-electron chi connectivity index (χ0n) is 45.7. The predicted molar refractivity (Wildman–Crippen MR) is 282 cm³/mol. The molecule has 8 aromatic rings. The largest absolute Gasteiger partial charge is 0.419 e. The number of rotatable bonds is 10. The number of esters is 1. The number of aromatic nitrogens is 1. The van der Waals surface area contributed by atoms with Gasteiger partial charge in [-0.3, -0.25) is 4.79 Å². The number of nitrogens with zero attached hydrogens (tertiary/aromatic N) is 1. The highest BCUT2D eigenvalue weighted by atomic mass is 19.4.